The highest BCUT2D eigenvalue weighted by Gasteiger charge is 2.30. The quantitative estimate of drug-likeness (QED) is 0.536. The molecule has 1 heterocycles. The minimum absolute atomic E-state index is 0.0602. The number of rotatable bonds is 3. The predicted octanol–water partition coefficient (Wildman–Crippen LogP) is 4.16. The van der Waals surface area contributed by atoms with E-state index in [2.05, 4.69) is 15.9 Å². The van der Waals surface area contributed by atoms with Crippen molar-refractivity contribution in [1.82, 2.24) is 4.90 Å². The van der Waals surface area contributed by atoms with Gasteiger partial charge in [-0.15, -0.1) is 0 Å². The molecule has 0 bridgehead atoms. The number of halogens is 2. The second-order valence-electron chi connectivity index (χ2n) is 6.65. The molecule has 1 fully saturated rings. The lowest BCUT2D eigenvalue weighted by Gasteiger charge is -2.41. The van der Waals surface area contributed by atoms with Crippen LogP contribution in [0.3, 0.4) is 0 Å². The molecular weight excluding hydrogens is 417 g/mol. The molecule has 0 aromatic heterocycles. The summed E-state index contributed by atoms with van der Waals surface area (Å²) < 4.78 is 15.3. The van der Waals surface area contributed by atoms with Crippen LogP contribution in [-0.4, -0.2) is 41.4 Å². The van der Waals surface area contributed by atoms with Gasteiger partial charge < -0.3 is 9.80 Å². The number of benzene rings is 2. The van der Waals surface area contributed by atoms with Crippen LogP contribution in [0.15, 0.2) is 40.9 Å². The Bertz CT molecular complexity index is 889. The van der Waals surface area contributed by atoms with Gasteiger partial charge in [-0.2, -0.15) is 0 Å². The van der Waals surface area contributed by atoms with Gasteiger partial charge in [0.15, 0.2) is 5.82 Å². The number of anilines is 1. The van der Waals surface area contributed by atoms with Crippen molar-refractivity contribution in [2.45, 2.75) is 19.9 Å². The maximum absolute atomic E-state index is 14.4. The summed E-state index contributed by atoms with van der Waals surface area (Å²) in [6, 6.07) is 9.54. The Labute approximate surface area is 164 Å². The van der Waals surface area contributed by atoms with Gasteiger partial charge in [0, 0.05) is 41.3 Å². The molecule has 2 aromatic rings. The van der Waals surface area contributed by atoms with Gasteiger partial charge in [-0.1, -0.05) is 15.9 Å². The third-order valence-electron chi connectivity index (χ3n) is 4.78. The summed E-state index contributed by atoms with van der Waals surface area (Å²) in [6.45, 7) is 4.87. The number of nitrogens with zero attached hydrogens (tertiary/aromatic N) is 3. The number of piperazine rings is 1. The fourth-order valence-electron chi connectivity index (χ4n) is 3.33. The average Bonchev–Trinajstić information content (AvgIpc) is 2.63. The SMILES string of the molecule is Cc1cc(N2CCN(C(=O)c3ccc(Br)cc3)[C@@H](C)C2)c(F)cc1[N+](=O)[O-]. The highest BCUT2D eigenvalue weighted by atomic mass is 79.9. The molecule has 1 saturated heterocycles. The zero-order valence-electron chi connectivity index (χ0n) is 15.0. The minimum Gasteiger partial charge on any atom is -0.365 e. The summed E-state index contributed by atoms with van der Waals surface area (Å²) in [4.78, 5) is 26.7. The highest BCUT2D eigenvalue weighted by molar-refractivity contribution is 9.10. The highest BCUT2D eigenvalue weighted by Crippen LogP contribution is 2.30. The lowest BCUT2D eigenvalue weighted by atomic mass is 10.1. The Morgan fingerprint density at radius 3 is 2.52 bits per heavy atom. The molecule has 0 spiro atoms. The molecule has 27 heavy (non-hydrogen) atoms. The van der Waals surface area contributed by atoms with E-state index in [1.807, 2.05) is 24.0 Å². The van der Waals surface area contributed by atoms with E-state index in [0.29, 0.717) is 36.4 Å². The molecule has 1 aliphatic rings. The Morgan fingerprint density at radius 2 is 1.93 bits per heavy atom. The third-order valence-corrected chi connectivity index (χ3v) is 5.31. The van der Waals surface area contributed by atoms with Gasteiger partial charge in [0.1, 0.15) is 0 Å². The van der Waals surface area contributed by atoms with Crippen molar-refractivity contribution in [2.24, 2.45) is 0 Å². The van der Waals surface area contributed by atoms with Gasteiger partial charge in [-0.25, -0.2) is 4.39 Å². The standard InChI is InChI=1S/C19H19BrFN3O3/c1-12-9-18(16(21)10-17(12)24(26)27)22-7-8-23(13(2)11-22)19(25)14-3-5-15(20)6-4-14/h3-6,9-10,13H,7-8,11H2,1-2H3/t13-/m0/s1. The van der Waals surface area contributed by atoms with Crippen molar-refractivity contribution >= 4 is 33.2 Å². The van der Waals surface area contributed by atoms with Crippen LogP contribution in [0.2, 0.25) is 0 Å². The zero-order valence-corrected chi connectivity index (χ0v) is 16.6. The Kier molecular flexibility index (Phi) is 5.46. The van der Waals surface area contributed by atoms with E-state index in [1.165, 1.54) is 6.07 Å². The maximum Gasteiger partial charge on any atom is 0.275 e. The van der Waals surface area contributed by atoms with E-state index in [4.69, 9.17) is 0 Å². The first-order chi connectivity index (χ1) is 12.8. The van der Waals surface area contributed by atoms with Gasteiger partial charge in [0.2, 0.25) is 0 Å². The number of carbonyl (C=O) groups is 1. The summed E-state index contributed by atoms with van der Waals surface area (Å²) in [5, 5.41) is 11.0. The summed E-state index contributed by atoms with van der Waals surface area (Å²) in [5.41, 5.74) is 1.13. The molecule has 1 aliphatic heterocycles. The van der Waals surface area contributed by atoms with Crippen molar-refractivity contribution in [3.05, 3.63) is 67.9 Å². The second-order valence-corrected chi connectivity index (χ2v) is 7.56. The number of hydrogen-bond acceptors (Lipinski definition) is 4. The predicted molar refractivity (Wildman–Crippen MR) is 105 cm³/mol. The summed E-state index contributed by atoms with van der Waals surface area (Å²) in [7, 11) is 0. The smallest absolute Gasteiger partial charge is 0.275 e. The molecule has 2 aromatic carbocycles. The summed E-state index contributed by atoms with van der Waals surface area (Å²) in [6.07, 6.45) is 0. The van der Waals surface area contributed by atoms with Crippen LogP contribution in [-0.2, 0) is 0 Å². The lowest BCUT2D eigenvalue weighted by Crippen LogP contribution is -2.54. The largest absolute Gasteiger partial charge is 0.365 e. The fraction of sp³-hybridized carbons (Fsp3) is 0.316. The molecule has 0 aliphatic carbocycles. The van der Waals surface area contributed by atoms with Crippen molar-refractivity contribution < 1.29 is 14.1 Å². The molecule has 6 nitrogen and oxygen atoms in total. The Hall–Kier alpha value is -2.48. The van der Waals surface area contributed by atoms with Gasteiger partial charge in [-0.05, 0) is 44.2 Å². The normalized spacial score (nSPS) is 17.1. The van der Waals surface area contributed by atoms with E-state index in [9.17, 15) is 19.3 Å². The van der Waals surface area contributed by atoms with Crippen LogP contribution in [0.1, 0.15) is 22.8 Å². The zero-order chi connectivity index (χ0) is 19.7. The topological polar surface area (TPSA) is 66.7 Å². The first-order valence-corrected chi connectivity index (χ1v) is 9.33. The Morgan fingerprint density at radius 1 is 1.26 bits per heavy atom. The third kappa shape index (κ3) is 3.95. The molecule has 0 unspecified atom stereocenters. The first kappa shape index (κ1) is 19.3. The van der Waals surface area contributed by atoms with E-state index >= 15 is 0 Å². The molecule has 0 N–H and O–H groups in total. The van der Waals surface area contributed by atoms with E-state index in [-0.39, 0.29) is 17.6 Å². The second kappa shape index (κ2) is 7.64. The molecule has 142 valence electrons. The number of nitro groups is 1. The van der Waals surface area contributed by atoms with Crippen LogP contribution in [0.5, 0.6) is 0 Å². The van der Waals surface area contributed by atoms with Crippen LogP contribution in [0.4, 0.5) is 15.8 Å². The van der Waals surface area contributed by atoms with Crippen molar-refractivity contribution in [1.29, 1.82) is 0 Å². The van der Waals surface area contributed by atoms with Crippen molar-refractivity contribution in [2.75, 3.05) is 24.5 Å². The number of carbonyl (C=O) groups excluding carboxylic acids is 1. The summed E-state index contributed by atoms with van der Waals surface area (Å²) >= 11 is 3.35. The van der Waals surface area contributed by atoms with Crippen LogP contribution >= 0.6 is 15.9 Å². The van der Waals surface area contributed by atoms with Gasteiger partial charge in [0.25, 0.3) is 11.6 Å². The molecule has 8 heteroatoms. The number of amides is 1. The monoisotopic (exact) mass is 435 g/mol. The lowest BCUT2D eigenvalue weighted by molar-refractivity contribution is -0.385. The number of nitro benzene ring substituents is 1. The van der Waals surface area contributed by atoms with Gasteiger partial charge in [0.05, 0.1) is 16.7 Å². The van der Waals surface area contributed by atoms with Crippen LogP contribution in [0, 0.1) is 22.9 Å². The van der Waals surface area contributed by atoms with Crippen LogP contribution in [0.25, 0.3) is 0 Å². The molecule has 0 saturated carbocycles. The van der Waals surface area contributed by atoms with E-state index < -0.39 is 10.7 Å². The Balaban J connectivity index is 1.77. The molecule has 0 radical (unpaired) electrons. The van der Waals surface area contributed by atoms with E-state index in [0.717, 1.165) is 10.5 Å². The maximum atomic E-state index is 14.4. The van der Waals surface area contributed by atoms with Gasteiger partial charge >= 0.3 is 0 Å². The number of hydrogen-bond donors (Lipinski definition) is 0. The van der Waals surface area contributed by atoms with Crippen LogP contribution < -0.4 is 4.90 Å². The number of aryl methyl sites for hydroxylation is 1. The molecular formula is C19H19BrFN3O3. The minimum atomic E-state index is -0.618. The molecule has 1 atom stereocenters. The van der Waals surface area contributed by atoms with Gasteiger partial charge in [-0.3, -0.25) is 14.9 Å². The molecule has 1 amide bonds. The molecule has 3 rings (SSSR count). The summed E-state index contributed by atoms with van der Waals surface area (Å²) in [5.74, 6) is -0.679. The van der Waals surface area contributed by atoms with Crippen molar-refractivity contribution in [3.8, 4) is 0 Å². The van der Waals surface area contributed by atoms with E-state index in [1.54, 1.807) is 24.0 Å². The average molecular weight is 436 g/mol. The van der Waals surface area contributed by atoms with Crippen molar-refractivity contribution in [3.63, 3.8) is 0 Å². The first-order valence-electron chi connectivity index (χ1n) is 8.54. The fourth-order valence-corrected chi connectivity index (χ4v) is 3.60.